The van der Waals surface area contributed by atoms with E-state index in [0.29, 0.717) is 0 Å². The van der Waals surface area contributed by atoms with Crippen LogP contribution >= 0.6 is 11.6 Å². The lowest BCUT2D eigenvalue weighted by molar-refractivity contribution is -0.134. The zero-order chi connectivity index (χ0) is 18.1. The van der Waals surface area contributed by atoms with Crippen LogP contribution in [-0.2, 0) is 4.79 Å². The Bertz CT molecular complexity index is 771. The van der Waals surface area contributed by atoms with E-state index in [9.17, 15) is 9.90 Å². The van der Waals surface area contributed by atoms with Crippen LogP contribution in [0.3, 0.4) is 0 Å². The van der Waals surface area contributed by atoms with Crippen molar-refractivity contribution in [3.63, 3.8) is 0 Å². The van der Waals surface area contributed by atoms with Crippen LogP contribution in [0.25, 0.3) is 0 Å². The summed E-state index contributed by atoms with van der Waals surface area (Å²) in [4.78, 5) is 14.8. The molecule has 26 heavy (non-hydrogen) atoms. The predicted octanol–water partition coefficient (Wildman–Crippen LogP) is 4.42. The van der Waals surface area contributed by atoms with E-state index in [0.717, 1.165) is 48.5 Å². The molecule has 136 valence electrons. The summed E-state index contributed by atoms with van der Waals surface area (Å²) < 4.78 is 0. The maximum Gasteiger partial charge on any atom is 0.226 e. The summed E-state index contributed by atoms with van der Waals surface area (Å²) in [6.45, 7) is 1.47. The number of aliphatic hydroxyl groups excluding tert-OH is 1. The number of hydrogen-bond donors (Lipinski definition) is 1. The van der Waals surface area contributed by atoms with Gasteiger partial charge in [-0.2, -0.15) is 0 Å². The predicted molar refractivity (Wildman–Crippen MR) is 103 cm³/mol. The van der Waals surface area contributed by atoms with Gasteiger partial charge in [0, 0.05) is 24.0 Å². The van der Waals surface area contributed by atoms with Crippen LogP contribution in [0.15, 0.2) is 54.6 Å². The van der Waals surface area contributed by atoms with Crippen LogP contribution in [0.1, 0.15) is 42.4 Å². The monoisotopic (exact) mass is 369 g/mol. The molecule has 0 spiro atoms. The second-order valence-electron chi connectivity index (χ2n) is 7.49. The van der Waals surface area contributed by atoms with Crippen molar-refractivity contribution in [2.45, 2.75) is 31.3 Å². The third-order valence-corrected chi connectivity index (χ3v) is 6.20. The van der Waals surface area contributed by atoms with Crippen LogP contribution in [0.4, 0.5) is 0 Å². The van der Waals surface area contributed by atoms with Gasteiger partial charge in [0.2, 0.25) is 5.91 Å². The summed E-state index contributed by atoms with van der Waals surface area (Å²) in [6, 6.07) is 17.7. The highest BCUT2D eigenvalue weighted by atomic mass is 35.5. The van der Waals surface area contributed by atoms with Crippen LogP contribution in [0, 0.1) is 11.8 Å². The van der Waals surface area contributed by atoms with E-state index in [-0.39, 0.29) is 23.7 Å². The highest BCUT2D eigenvalue weighted by Gasteiger charge is 2.47. The van der Waals surface area contributed by atoms with Crippen molar-refractivity contribution < 1.29 is 9.90 Å². The smallest absolute Gasteiger partial charge is 0.226 e. The minimum Gasteiger partial charge on any atom is -0.388 e. The average molecular weight is 370 g/mol. The summed E-state index contributed by atoms with van der Waals surface area (Å²) in [5, 5.41) is 11.4. The first-order chi connectivity index (χ1) is 12.6. The highest BCUT2D eigenvalue weighted by molar-refractivity contribution is 6.31. The molecule has 2 aliphatic rings. The molecule has 1 N–H and O–H groups in total. The SMILES string of the molecule is O=C(C1CC1c1ccccc1Cl)N1CCC(C(O)c2ccccc2)CC1. The Morgan fingerprint density at radius 1 is 1.04 bits per heavy atom. The molecule has 1 saturated carbocycles. The number of carbonyl (C=O) groups is 1. The molecule has 2 aromatic rings. The van der Waals surface area contributed by atoms with Crippen LogP contribution in [0.5, 0.6) is 0 Å². The summed E-state index contributed by atoms with van der Waals surface area (Å²) in [5.74, 6) is 0.817. The van der Waals surface area contributed by atoms with E-state index in [1.807, 2.05) is 59.5 Å². The van der Waals surface area contributed by atoms with Gasteiger partial charge in [-0.15, -0.1) is 0 Å². The molecule has 4 heteroatoms. The lowest BCUT2D eigenvalue weighted by Gasteiger charge is -2.34. The van der Waals surface area contributed by atoms with Crippen LogP contribution < -0.4 is 0 Å². The van der Waals surface area contributed by atoms with Gasteiger partial charge in [-0.25, -0.2) is 0 Å². The first kappa shape index (κ1) is 17.6. The van der Waals surface area contributed by atoms with Crippen molar-refractivity contribution in [2.75, 3.05) is 13.1 Å². The van der Waals surface area contributed by atoms with E-state index >= 15 is 0 Å². The minimum atomic E-state index is -0.440. The Labute approximate surface area is 159 Å². The average Bonchev–Trinajstić information content (AvgIpc) is 3.48. The van der Waals surface area contributed by atoms with Gasteiger partial charge in [-0.1, -0.05) is 60.1 Å². The topological polar surface area (TPSA) is 40.5 Å². The fourth-order valence-corrected chi connectivity index (χ4v) is 4.46. The van der Waals surface area contributed by atoms with Gasteiger partial charge in [0.15, 0.2) is 0 Å². The van der Waals surface area contributed by atoms with E-state index in [1.165, 1.54) is 0 Å². The van der Waals surface area contributed by atoms with Gasteiger partial charge in [0.1, 0.15) is 0 Å². The zero-order valence-corrected chi connectivity index (χ0v) is 15.5. The number of rotatable bonds is 4. The molecule has 0 radical (unpaired) electrons. The number of nitrogens with zero attached hydrogens (tertiary/aromatic N) is 1. The number of aliphatic hydroxyl groups is 1. The number of benzene rings is 2. The summed E-state index contributed by atoms with van der Waals surface area (Å²) in [5.41, 5.74) is 2.07. The maximum atomic E-state index is 12.8. The lowest BCUT2D eigenvalue weighted by Crippen LogP contribution is -2.40. The fourth-order valence-electron chi connectivity index (χ4n) is 4.18. The zero-order valence-electron chi connectivity index (χ0n) is 14.7. The van der Waals surface area contributed by atoms with Crippen molar-refractivity contribution in [1.29, 1.82) is 0 Å². The Hall–Kier alpha value is -1.84. The molecular formula is C22H24ClNO2. The van der Waals surface area contributed by atoms with Crippen LogP contribution in [0.2, 0.25) is 5.02 Å². The van der Waals surface area contributed by atoms with Gasteiger partial charge in [-0.05, 0) is 48.3 Å². The van der Waals surface area contributed by atoms with E-state index in [1.54, 1.807) is 0 Å². The number of halogens is 1. The number of carbonyl (C=O) groups excluding carboxylic acids is 1. The van der Waals surface area contributed by atoms with Gasteiger partial charge in [0.05, 0.1) is 6.10 Å². The molecule has 0 aromatic heterocycles. The van der Waals surface area contributed by atoms with Gasteiger partial charge in [-0.3, -0.25) is 4.79 Å². The Morgan fingerprint density at radius 2 is 1.69 bits per heavy atom. The second kappa shape index (κ2) is 7.42. The third-order valence-electron chi connectivity index (χ3n) is 5.85. The standard InChI is InChI=1S/C22H24ClNO2/c23-20-9-5-4-8-17(20)18-14-19(18)22(26)24-12-10-16(11-13-24)21(25)15-6-2-1-3-7-15/h1-9,16,18-19,21,25H,10-14H2. The Balaban J connectivity index is 1.33. The van der Waals surface area contributed by atoms with Crippen LogP contribution in [-0.4, -0.2) is 29.0 Å². The molecular weight excluding hydrogens is 346 g/mol. The molecule has 0 bridgehead atoms. The molecule has 4 rings (SSSR count). The quantitative estimate of drug-likeness (QED) is 0.866. The Kier molecular flexibility index (Phi) is 5.01. The number of amides is 1. The molecule has 1 heterocycles. The molecule has 1 amide bonds. The molecule has 2 aromatic carbocycles. The van der Waals surface area contributed by atoms with Gasteiger partial charge < -0.3 is 10.0 Å². The summed E-state index contributed by atoms with van der Waals surface area (Å²) in [6.07, 6.45) is 2.16. The van der Waals surface area contributed by atoms with Crippen molar-refractivity contribution in [2.24, 2.45) is 11.8 Å². The minimum absolute atomic E-state index is 0.0745. The fraction of sp³-hybridized carbons (Fsp3) is 0.409. The number of likely N-dealkylation sites (tertiary alicyclic amines) is 1. The summed E-state index contributed by atoms with van der Waals surface area (Å²) in [7, 11) is 0. The van der Waals surface area contributed by atoms with Gasteiger partial charge in [0.25, 0.3) is 0 Å². The summed E-state index contributed by atoms with van der Waals surface area (Å²) >= 11 is 6.27. The molecule has 1 saturated heterocycles. The molecule has 2 fully saturated rings. The maximum absolute atomic E-state index is 12.8. The van der Waals surface area contributed by atoms with E-state index in [4.69, 9.17) is 11.6 Å². The van der Waals surface area contributed by atoms with Gasteiger partial charge >= 0.3 is 0 Å². The van der Waals surface area contributed by atoms with E-state index < -0.39 is 6.10 Å². The number of hydrogen-bond acceptors (Lipinski definition) is 2. The largest absolute Gasteiger partial charge is 0.388 e. The van der Waals surface area contributed by atoms with Crippen molar-refractivity contribution in [3.05, 3.63) is 70.7 Å². The molecule has 3 nitrogen and oxygen atoms in total. The van der Waals surface area contributed by atoms with E-state index in [2.05, 4.69) is 0 Å². The van der Waals surface area contributed by atoms with Crippen molar-refractivity contribution in [3.8, 4) is 0 Å². The molecule has 1 aliphatic heterocycles. The highest BCUT2D eigenvalue weighted by Crippen LogP contribution is 2.50. The lowest BCUT2D eigenvalue weighted by atomic mass is 9.87. The first-order valence-corrected chi connectivity index (χ1v) is 9.79. The van der Waals surface area contributed by atoms with Crippen molar-refractivity contribution in [1.82, 2.24) is 4.90 Å². The van der Waals surface area contributed by atoms with Crippen molar-refractivity contribution >= 4 is 17.5 Å². The number of piperidine rings is 1. The third kappa shape index (κ3) is 3.51. The normalized spacial score (nSPS) is 24.3. The second-order valence-corrected chi connectivity index (χ2v) is 7.90. The molecule has 3 atom stereocenters. The molecule has 3 unspecified atom stereocenters. The molecule has 1 aliphatic carbocycles. The Morgan fingerprint density at radius 3 is 2.38 bits per heavy atom. The first-order valence-electron chi connectivity index (χ1n) is 9.41.